The van der Waals surface area contributed by atoms with E-state index in [-0.39, 0.29) is 38.8 Å². The molecule has 0 radical (unpaired) electrons. The molecule has 0 N–H and O–H groups in total. The lowest BCUT2D eigenvalue weighted by atomic mass is 10.2. The maximum Gasteiger partial charge on any atom is 0.483 e. The second kappa shape index (κ2) is 16.4. The van der Waals surface area contributed by atoms with E-state index in [9.17, 15) is 0 Å². The van der Waals surface area contributed by atoms with Crippen LogP contribution in [0.25, 0.3) is 0 Å². The summed E-state index contributed by atoms with van der Waals surface area (Å²) in [7, 11) is -31.7. The number of halogens is 1. The van der Waals surface area contributed by atoms with Crippen LogP contribution in [0.15, 0.2) is 24.3 Å². The molecule has 0 aromatic heterocycles. The van der Waals surface area contributed by atoms with Crippen molar-refractivity contribution in [2.45, 2.75) is 225 Å². The molecule has 7 aliphatic carbocycles. The zero-order chi connectivity index (χ0) is 42.0. The van der Waals surface area contributed by atoms with E-state index in [0.717, 1.165) is 185 Å². The molecule has 21 heteroatoms. The molecule has 0 spiro atoms. The highest BCUT2D eigenvalue weighted by molar-refractivity contribution is 7.04. The largest absolute Gasteiger partial charge is 0.483 e. The normalized spacial score (nSPS) is 46.9. The van der Waals surface area contributed by atoms with Crippen molar-refractivity contribution in [2.24, 2.45) is 0 Å². The van der Waals surface area contributed by atoms with Gasteiger partial charge in [-0.3, -0.25) is 0 Å². The van der Waals surface area contributed by atoms with Crippen LogP contribution in [0.3, 0.4) is 0 Å². The summed E-state index contributed by atoms with van der Waals surface area (Å²) in [4.78, 5) is 0. The van der Waals surface area contributed by atoms with E-state index in [1.54, 1.807) is 0 Å². The van der Waals surface area contributed by atoms with E-state index in [2.05, 4.69) is 12.1 Å². The van der Waals surface area contributed by atoms with Crippen LogP contribution in [0.2, 0.25) is 43.8 Å². The highest BCUT2D eigenvalue weighted by atomic mass is 35.5. The van der Waals surface area contributed by atoms with Crippen molar-refractivity contribution in [3.63, 3.8) is 0 Å². The van der Waals surface area contributed by atoms with Crippen LogP contribution >= 0.6 is 11.6 Å². The van der Waals surface area contributed by atoms with Crippen LogP contribution in [0.1, 0.15) is 185 Å². The topological polar surface area (TPSA) is 111 Å². The van der Waals surface area contributed by atoms with Gasteiger partial charge in [0, 0.05) is 49.9 Å². The second-order valence-electron chi connectivity index (χ2n) is 21.8. The molecule has 1 aromatic rings. The molecule has 0 unspecified atom stereocenters. The molecule has 6 aliphatic heterocycles. The Labute approximate surface area is 388 Å². The quantitative estimate of drug-likeness (QED) is 0.220. The molecule has 63 heavy (non-hydrogen) atoms. The molecule has 0 atom stereocenters. The molecule has 6 heterocycles. The summed E-state index contributed by atoms with van der Waals surface area (Å²) in [5, 5.41) is 0.693. The Hall–Kier alpha value is 0.765. The lowest BCUT2D eigenvalue weighted by molar-refractivity contribution is -0.0459. The van der Waals surface area contributed by atoms with Crippen LogP contribution in [0, 0.1) is 0 Å². The summed E-state index contributed by atoms with van der Waals surface area (Å²) in [6, 6.07) is 8.58. The fraction of sp³-hybridized carbons (Fsp3) is 0.857. The molecular weight excluding hydrogens is 957 g/mol. The first kappa shape index (κ1) is 43.8. The highest BCUT2D eigenvalue weighted by Gasteiger charge is 2.88. The maximum atomic E-state index is 8.48. The fourth-order valence-electron chi connectivity index (χ4n) is 14.6. The lowest BCUT2D eigenvalue weighted by Crippen LogP contribution is -2.91. The molecule has 12 nitrogen and oxygen atoms in total. The van der Waals surface area contributed by atoms with Crippen LogP contribution < -0.4 is 0 Å². The molecule has 0 amide bonds. The summed E-state index contributed by atoms with van der Waals surface area (Å²) in [6.45, 7) is 0. The van der Waals surface area contributed by atoms with E-state index in [1.807, 2.05) is 12.1 Å². The fourth-order valence-corrected chi connectivity index (χ4v) is 70.6. The number of hydrogen-bond donors (Lipinski definition) is 0. The number of hydrogen-bond acceptors (Lipinski definition) is 12. The SMILES string of the molecule is Clc1ccc(C[Si]23O[Si]4(C5CCCC5)O[Si]5(C6CCCC6)O[Si](C6CCCC6)(O2)O[Si]2(C6CCCC6)O[Si](C6CCCC6)(O3)O[Si](C3CCCC3)(O4)O[Si](C3CCCC3)(O5)O2)cc1. The second-order valence-corrected chi connectivity index (χ2v) is 47.9. The Balaban J connectivity index is 1.14. The van der Waals surface area contributed by atoms with Crippen LogP contribution in [-0.2, 0) is 55.4 Å². The van der Waals surface area contributed by atoms with Gasteiger partial charge in [-0.25, -0.2) is 0 Å². The maximum absolute atomic E-state index is 8.48. The molecule has 348 valence electrons. The van der Waals surface area contributed by atoms with Crippen LogP contribution in [0.4, 0.5) is 0 Å². The minimum atomic E-state index is -4.09. The summed E-state index contributed by atoms with van der Waals surface area (Å²) in [6.07, 6.45) is 28.9. The Bertz CT molecular complexity index is 1670. The summed E-state index contributed by atoms with van der Waals surface area (Å²) in [5.41, 5.74) is 1.30. The van der Waals surface area contributed by atoms with Gasteiger partial charge in [-0.2, -0.15) is 0 Å². The zero-order valence-electron chi connectivity index (χ0n) is 37.1. The summed E-state index contributed by atoms with van der Waals surface area (Å²) in [5.74, 6) is 0. The van der Waals surface area contributed by atoms with Crippen molar-refractivity contribution in [1.82, 2.24) is 0 Å². The first-order valence-electron chi connectivity index (χ1n) is 25.9. The third-order valence-corrected chi connectivity index (χ3v) is 57.5. The van der Waals surface area contributed by atoms with Gasteiger partial charge in [0.15, 0.2) is 0 Å². The molecule has 13 fully saturated rings. The predicted octanol–water partition coefficient (Wildman–Crippen LogP) is 11.8. The lowest BCUT2D eigenvalue weighted by Gasteiger charge is -2.66. The Kier molecular flexibility index (Phi) is 11.4. The first-order valence-corrected chi connectivity index (χ1v) is 40.8. The number of benzene rings is 1. The van der Waals surface area contributed by atoms with Crippen molar-refractivity contribution in [2.75, 3.05) is 0 Å². The third-order valence-electron chi connectivity index (χ3n) is 17.8. The monoisotopic (exact) mass is 1020 g/mol. The highest BCUT2D eigenvalue weighted by Crippen LogP contribution is 2.66. The molecule has 1 aromatic carbocycles. The van der Waals surface area contributed by atoms with Gasteiger partial charge in [0.25, 0.3) is 0 Å². The van der Waals surface area contributed by atoms with Crippen molar-refractivity contribution >= 4 is 82.0 Å². The van der Waals surface area contributed by atoms with Crippen LogP contribution in [0.5, 0.6) is 0 Å². The molecule has 14 rings (SSSR count). The van der Waals surface area contributed by atoms with E-state index in [0.29, 0.717) is 11.1 Å². The van der Waals surface area contributed by atoms with Gasteiger partial charge in [-0.1, -0.05) is 114 Å². The average molecular weight is 1030 g/mol. The van der Waals surface area contributed by atoms with E-state index < -0.39 is 70.4 Å². The van der Waals surface area contributed by atoms with E-state index in [1.165, 1.54) is 0 Å². The van der Waals surface area contributed by atoms with Gasteiger partial charge in [0.2, 0.25) is 0 Å². The van der Waals surface area contributed by atoms with Gasteiger partial charge in [0.1, 0.15) is 0 Å². The third kappa shape index (κ3) is 7.25. The van der Waals surface area contributed by atoms with Crippen molar-refractivity contribution < 1.29 is 49.4 Å². The standard InChI is InChI=1S/C42H69ClO12Si8/c43-35-31-29-34(30-32-35)33-56-44-57(36-15-1-2-16-36)47-60(39-21-7-8-22-39)49-58(45-56,37-17-3-4-18-37)51-62(41-25-11-12-26-41)52-59(46-56,38-19-5-6-20-38)50-61(48-57,40-23-9-10-24-40)54-63(53-60,55-62)42-27-13-14-28-42/h29-32,36-42H,1-28,33H2. The molecular formula is C42H69ClO12Si8. The van der Waals surface area contributed by atoms with Gasteiger partial charge in [-0.05, 0) is 108 Å². The van der Waals surface area contributed by atoms with Crippen LogP contribution in [-0.4, -0.2) is 70.4 Å². The summed E-state index contributed by atoms with van der Waals surface area (Å²) < 4.78 is 101. The Morgan fingerprint density at radius 1 is 0.302 bits per heavy atom. The van der Waals surface area contributed by atoms with Gasteiger partial charge < -0.3 is 49.4 Å². The van der Waals surface area contributed by atoms with Crippen molar-refractivity contribution in [3.8, 4) is 0 Å². The molecule has 8 bridgehead atoms. The van der Waals surface area contributed by atoms with E-state index in [4.69, 9.17) is 61.0 Å². The Morgan fingerprint density at radius 3 is 0.698 bits per heavy atom. The van der Waals surface area contributed by atoms with Crippen molar-refractivity contribution in [3.05, 3.63) is 34.9 Å². The van der Waals surface area contributed by atoms with Gasteiger partial charge >= 0.3 is 70.4 Å². The first-order chi connectivity index (χ1) is 30.7. The minimum absolute atomic E-state index is 0.0188. The molecule has 6 saturated heterocycles. The summed E-state index contributed by atoms with van der Waals surface area (Å²) >= 11 is 6.61. The van der Waals surface area contributed by atoms with Gasteiger partial charge in [-0.15, -0.1) is 0 Å². The smallest absolute Gasteiger partial charge is 0.373 e. The minimum Gasteiger partial charge on any atom is -0.373 e. The predicted molar refractivity (Wildman–Crippen MR) is 250 cm³/mol. The van der Waals surface area contributed by atoms with Crippen molar-refractivity contribution in [1.29, 1.82) is 0 Å². The average Bonchev–Trinajstić information content (AvgIpc) is 4.12. The molecule has 13 aliphatic rings. The molecule has 7 saturated carbocycles. The number of rotatable bonds is 9. The van der Waals surface area contributed by atoms with Gasteiger partial charge in [0.05, 0.1) is 0 Å². The zero-order valence-corrected chi connectivity index (χ0v) is 45.9. The van der Waals surface area contributed by atoms with E-state index >= 15 is 0 Å². The Morgan fingerprint density at radius 2 is 0.492 bits per heavy atom.